The van der Waals surface area contributed by atoms with E-state index in [1.165, 1.54) is 11.5 Å². The molecular formula is C14H20N4O2S. The van der Waals surface area contributed by atoms with E-state index >= 15 is 0 Å². The molecule has 6 nitrogen and oxygen atoms in total. The quantitative estimate of drug-likeness (QED) is 0.911. The predicted molar refractivity (Wildman–Crippen MR) is 79.1 cm³/mol. The van der Waals surface area contributed by atoms with E-state index in [-0.39, 0.29) is 17.2 Å². The van der Waals surface area contributed by atoms with Gasteiger partial charge in [-0.05, 0) is 36.2 Å². The highest BCUT2D eigenvalue weighted by Gasteiger charge is 2.42. The highest BCUT2D eigenvalue weighted by Crippen LogP contribution is 2.37. The van der Waals surface area contributed by atoms with Gasteiger partial charge in [-0.15, -0.1) is 5.10 Å². The number of hydrogen-bond donors (Lipinski definition) is 1. The van der Waals surface area contributed by atoms with Gasteiger partial charge in [0.05, 0.1) is 5.69 Å². The molecular weight excluding hydrogens is 288 g/mol. The average molecular weight is 308 g/mol. The number of likely N-dealkylation sites (tertiary alicyclic amines) is 1. The third-order valence-electron chi connectivity index (χ3n) is 4.54. The Hall–Kier alpha value is -1.50. The number of carbonyl (C=O) groups excluding carboxylic acids is 2. The second-order valence-electron chi connectivity index (χ2n) is 6.04. The largest absolute Gasteiger partial charge is 0.356 e. The first-order valence-electron chi connectivity index (χ1n) is 7.51. The molecule has 0 atom stereocenters. The second-order valence-corrected chi connectivity index (χ2v) is 6.80. The van der Waals surface area contributed by atoms with Crippen molar-refractivity contribution in [3.05, 3.63) is 10.6 Å². The van der Waals surface area contributed by atoms with E-state index in [9.17, 15) is 9.59 Å². The number of hydrogen-bond acceptors (Lipinski definition) is 5. The summed E-state index contributed by atoms with van der Waals surface area (Å²) < 4.78 is 3.93. The molecule has 0 unspecified atom stereocenters. The molecule has 2 amide bonds. The molecule has 2 saturated heterocycles. The van der Waals surface area contributed by atoms with Gasteiger partial charge >= 0.3 is 0 Å². The number of piperidine rings is 1. The predicted octanol–water partition coefficient (Wildman–Crippen LogP) is 1.23. The van der Waals surface area contributed by atoms with Gasteiger partial charge in [-0.3, -0.25) is 9.59 Å². The number of carbonyl (C=O) groups is 2. The lowest BCUT2D eigenvalue weighted by molar-refractivity contribution is -0.119. The summed E-state index contributed by atoms with van der Waals surface area (Å²) in [7, 11) is 0. The number of amides is 2. The van der Waals surface area contributed by atoms with E-state index in [1.54, 1.807) is 0 Å². The van der Waals surface area contributed by atoms with Crippen LogP contribution in [0.3, 0.4) is 0 Å². The Kier molecular flexibility index (Phi) is 3.93. The fourth-order valence-electron chi connectivity index (χ4n) is 3.20. The summed E-state index contributed by atoms with van der Waals surface area (Å²) in [6.07, 6.45) is 4.16. The molecule has 0 bridgehead atoms. The molecule has 0 saturated carbocycles. The Morgan fingerprint density at radius 3 is 2.81 bits per heavy atom. The van der Waals surface area contributed by atoms with Crippen LogP contribution < -0.4 is 5.32 Å². The third kappa shape index (κ3) is 2.79. The molecule has 2 aliphatic rings. The molecule has 3 heterocycles. The highest BCUT2D eigenvalue weighted by molar-refractivity contribution is 7.08. The minimum Gasteiger partial charge on any atom is -0.356 e. The van der Waals surface area contributed by atoms with Crippen LogP contribution in [-0.2, 0) is 11.2 Å². The average Bonchev–Trinajstić information content (AvgIpc) is 3.07. The smallest absolute Gasteiger partial charge is 0.267 e. The van der Waals surface area contributed by atoms with Crippen molar-refractivity contribution >= 4 is 23.3 Å². The van der Waals surface area contributed by atoms with Crippen molar-refractivity contribution in [1.82, 2.24) is 19.8 Å². The first-order valence-corrected chi connectivity index (χ1v) is 8.28. The zero-order valence-electron chi connectivity index (χ0n) is 12.2. The first kappa shape index (κ1) is 14.4. The fourth-order valence-corrected chi connectivity index (χ4v) is 3.88. The molecule has 1 aromatic rings. The van der Waals surface area contributed by atoms with E-state index in [0.29, 0.717) is 11.3 Å². The molecule has 114 valence electrons. The summed E-state index contributed by atoms with van der Waals surface area (Å²) in [5.74, 6) is 0.201. The van der Waals surface area contributed by atoms with Gasteiger partial charge in [0.25, 0.3) is 5.91 Å². The van der Waals surface area contributed by atoms with Crippen LogP contribution in [-0.4, -0.2) is 45.9 Å². The highest BCUT2D eigenvalue weighted by atomic mass is 32.1. The maximum atomic E-state index is 12.6. The molecule has 2 fully saturated rings. The lowest BCUT2D eigenvalue weighted by Crippen LogP contribution is -2.44. The summed E-state index contributed by atoms with van der Waals surface area (Å²) in [6.45, 7) is 4.27. The van der Waals surface area contributed by atoms with E-state index < -0.39 is 0 Å². The Morgan fingerprint density at radius 2 is 2.19 bits per heavy atom. The van der Waals surface area contributed by atoms with Crippen LogP contribution in [0, 0.1) is 5.41 Å². The summed E-state index contributed by atoms with van der Waals surface area (Å²) >= 11 is 1.20. The molecule has 1 spiro atoms. The first-order chi connectivity index (χ1) is 10.1. The topological polar surface area (TPSA) is 75.2 Å². The van der Waals surface area contributed by atoms with E-state index in [2.05, 4.69) is 21.8 Å². The molecule has 2 aliphatic heterocycles. The van der Waals surface area contributed by atoms with Gasteiger partial charge in [0.15, 0.2) is 0 Å². The van der Waals surface area contributed by atoms with Gasteiger partial charge in [-0.25, -0.2) is 0 Å². The number of aryl methyl sites for hydroxylation is 1. The van der Waals surface area contributed by atoms with Crippen LogP contribution in [0.5, 0.6) is 0 Å². The standard InChI is InChI=1S/C14H20N4O2S/c1-2-3-10-12(21-17-16-10)13(20)18-6-4-14(5-7-18)8-11(19)15-9-14/h2-9H2,1H3,(H,15,19). The zero-order chi connectivity index (χ0) is 14.9. The third-order valence-corrected chi connectivity index (χ3v) is 5.30. The van der Waals surface area contributed by atoms with Gasteiger partial charge in [0.2, 0.25) is 5.91 Å². The van der Waals surface area contributed by atoms with E-state index in [0.717, 1.165) is 51.0 Å². The Labute approximate surface area is 128 Å². The van der Waals surface area contributed by atoms with Gasteiger partial charge in [-0.2, -0.15) is 0 Å². The molecule has 1 N–H and O–H groups in total. The summed E-state index contributed by atoms with van der Waals surface area (Å²) in [4.78, 5) is 26.6. The molecule has 1 aromatic heterocycles. The van der Waals surface area contributed by atoms with Crippen LogP contribution in [0.1, 0.15) is 48.0 Å². The van der Waals surface area contributed by atoms with Crippen LogP contribution >= 0.6 is 11.5 Å². The van der Waals surface area contributed by atoms with Crippen molar-refractivity contribution in [3.63, 3.8) is 0 Å². The Morgan fingerprint density at radius 1 is 1.43 bits per heavy atom. The van der Waals surface area contributed by atoms with Crippen molar-refractivity contribution in [2.75, 3.05) is 19.6 Å². The molecule has 21 heavy (non-hydrogen) atoms. The van der Waals surface area contributed by atoms with Crippen molar-refractivity contribution in [1.29, 1.82) is 0 Å². The van der Waals surface area contributed by atoms with Gasteiger partial charge < -0.3 is 10.2 Å². The van der Waals surface area contributed by atoms with Gasteiger partial charge in [0.1, 0.15) is 4.88 Å². The monoisotopic (exact) mass is 308 g/mol. The zero-order valence-corrected chi connectivity index (χ0v) is 13.0. The SMILES string of the molecule is CCCc1nnsc1C(=O)N1CCC2(CC1)CNC(=O)C2. The molecule has 0 radical (unpaired) electrons. The van der Waals surface area contributed by atoms with Crippen molar-refractivity contribution in [2.24, 2.45) is 5.41 Å². The maximum absolute atomic E-state index is 12.6. The van der Waals surface area contributed by atoms with Crippen molar-refractivity contribution in [3.8, 4) is 0 Å². The fraction of sp³-hybridized carbons (Fsp3) is 0.714. The van der Waals surface area contributed by atoms with Crippen molar-refractivity contribution in [2.45, 2.75) is 39.0 Å². The molecule has 3 rings (SSSR count). The minimum absolute atomic E-state index is 0.0561. The second kappa shape index (κ2) is 5.71. The summed E-state index contributed by atoms with van der Waals surface area (Å²) in [5, 5.41) is 6.99. The van der Waals surface area contributed by atoms with Crippen LogP contribution in [0.2, 0.25) is 0 Å². The molecule has 0 aliphatic carbocycles. The van der Waals surface area contributed by atoms with E-state index in [1.807, 2.05) is 4.90 Å². The molecule has 7 heteroatoms. The normalized spacial score (nSPS) is 20.8. The van der Waals surface area contributed by atoms with Gasteiger partial charge in [0, 0.05) is 26.1 Å². The van der Waals surface area contributed by atoms with Crippen LogP contribution in [0.4, 0.5) is 0 Å². The van der Waals surface area contributed by atoms with Crippen molar-refractivity contribution < 1.29 is 9.59 Å². The lowest BCUT2D eigenvalue weighted by Gasteiger charge is -2.38. The minimum atomic E-state index is 0.0561. The number of nitrogens with zero attached hydrogens (tertiary/aromatic N) is 3. The lowest BCUT2D eigenvalue weighted by atomic mass is 9.77. The van der Waals surface area contributed by atoms with Gasteiger partial charge in [-0.1, -0.05) is 17.8 Å². The number of nitrogens with one attached hydrogen (secondary N) is 1. The number of aromatic nitrogens is 2. The Balaban J connectivity index is 1.65. The number of rotatable bonds is 3. The van der Waals surface area contributed by atoms with Crippen LogP contribution in [0.15, 0.2) is 0 Å². The molecule has 0 aromatic carbocycles. The Bertz CT molecular complexity index is 549. The summed E-state index contributed by atoms with van der Waals surface area (Å²) in [5.41, 5.74) is 0.900. The van der Waals surface area contributed by atoms with E-state index in [4.69, 9.17) is 0 Å². The van der Waals surface area contributed by atoms with Crippen LogP contribution in [0.25, 0.3) is 0 Å². The summed E-state index contributed by atoms with van der Waals surface area (Å²) in [6, 6.07) is 0. The maximum Gasteiger partial charge on any atom is 0.267 e.